The molecule has 1 unspecified atom stereocenters. The summed E-state index contributed by atoms with van der Waals surface area (Å²) >= 11 is 1.42. The van der Waals surface area contributed by atoms with Gasteiger partial charge in [0.15, 0.2) is 0 Å². The number of thiophene rings is 1. The van der Waals surface area contributed by atoms with Crippen LogP contribution in [0.25, 0.3) is 0 Å². The first kappa shape index (κ1) is 13.8. The van der Waals surface area contributed by atoms with Crippen molar-refractivity contribution in [3.8, 4) is 0 Å². The van der Waals surface area contributed by atoms with E-state index in [2.05, 4.69) is 5.32 Å². The molecule has 0 radical (unpaired) electrons. The summed E-state index contributed by atoms with van der Waals surface area (Å²) in [5.74, 6) is -0.120. The fraction of sp³-hybridized carbons (Fsp3) is 0.267. The van der Waals surface area contributed by atoms with Crippen LogP contribution in [0.2, 0.25) is 0 Å². The first-order chi connectivity index (χ1) is 9.15. The summed E-state index contributed by atoms with van der Waals surface area (Å²) in [6.07, 6.45) is -0.0164. The number of amides is 1. The van der Waals surface area contributed by atoms with Crippen LogP contribution < -0.4 is 5.32 Å². The van der Waals surface area contributed by atoms with Crippen LogP contribution in [0.3, 0.4) is 0 Å². The van der Waals surface area contributed by atoms with Gasteiger partial charge < -0.3 is 10.4 Å². The van der Waals surface area contributed by atoms with E-state index in [1.54, 1.807) is 0 Å². The number of rotatable bonds is 5. The lowest BCUT2D eigenvalue weighted by Gasteiger charge is -2.11. The second kappa shape index (κ2) is 6.50. The van der Waals surface area contributed by atoms with Crippen LogP contribution in [0.4, 0.5) is 0 Å². The molecule has 1 atom stereocenters. The summed E-state index contributed by atoms with van der Waals surface area (Å²) in [4.78, 5) is 12.5. The van der Waals surface area contributed by atoms with Crippen LogP contribution in [-0.4, -0.2) is 23.7 Å². The van der Waals surface area contributed by atoms with Gasteiger partial charge in [-0.15, -0.1) is 11.3 Å². The van der Waals surface area contributed by atoms with Crippen LogP contribution >= 0.6 is 11.3 Å². The monoisotopic (exact) mass is 275 g/mol. The summed E-state index contributed by atoms with van der Waals surface area (Å²) in [5.41, 5.74) is 2.15. The lowest BCUT2D eigenvalue weighted by molar-refractivity contribution is 0.0920. The quantitative estimate of drug-likeness (QED) is 0.880. The SMILES string of the molecule is Cc1csc(C(=O)NCC(O)Cc2ccccc2)c1. The van der Waals surface area contributed by atoms with Crippen molar-refractivity contribution >= 4 is 17.2 Å². The third-order valence-electron chi connectivity index (χ3n) is 2.77. The maximum Gasteiger partial charge on any atom is 0.261 e. The minimum atomic E-state index is -0.563. The summed E-state index contributed by atoms with van der Waals surface area (Å²) < 4.78 is 0. The Hall–Kier alpha value is -1.65. The zero-order chi connectivity index (χ0) is 13.7. The summed E-state index contributed by atoms with van der Waals surface area (Å²) in [5, 5.41) is 14.6. The van der Waals surface area contributed by atoms with Gasteiger partial charge >= 0.3 is 0 Å². The molecule has 1 amide bonds. The molecule has 3 nitrogen and oxygen atoms in total. The van der Waals surface area contributed by atoms with Gasteiger partial charge in [0.1, 0.15) is 0 Å². The number of hydrogen-bond acceptors (Lipinski definition) is 3. The van der Waals surface area contributed by atoms with Crippen molar-refractivity contribution in [2.45, 2.75) is 19.4 Å². The normalized spacial score (nSPS) is 12.1. The lowest BCUT2D eigenvalue weighted by Crippen LogP contribution is -2.32. The highest BCUT2D eigenvalue weighted by Gasteiger charge is 2.10. The van der Waals surface area contributed by atoms with Crippen molar-refractivity contribution in [1.82, 2.24) is 5.32 Å². The number of hydrogen-bond donors (Lipinski definition) is 2. The topological polar surface area (TPSA) is 49.3 Å². The Morgan fingerprint density at radius 3 is 2.74 bits per heavy atom. The summed E-state index contributed by atoms with van der Waals surface area (Å²) in [6, 6.07) is 11.6. The highest BCUT2D eigenvalue weighted by molar-refractivity contribution is 7.12. The largest absolute Gasteiger partial charge is 0.391 e. The fourth-order valence-electron chi connectivity index (χ4n) is 1.81. The van der Waals surface area contributed by atoms with Crippen molar-refractivity contribution in [3.63, 3.8) is 0 Å². The number of carbonyl (C=O) groups is 1. The van der Waals surface area contributed by atoms with Crippen LogP contribution in [0, 0.1) is 6.92 Å². The van der Waals surface area contributed by atoms with Gasteiger partial charge in [-0.3, -0.25) is 4.79 Å². The Kier molecular flexibility index (Phi) is 4.71. The molecule has 1 aromatic heterocycles. The minimum Gasteiger partial charge on any atom is -0.391 e. The number of aliphatic hydroxyl groups excluding tert-OH is 1. The van der Waals surface area contributed by atoms with Gasteiger partial charge in [0, 0.05) is 13.0 Å². The molecule has 100 valence electrons. The molecule has 4 heteroatoms. The van der Waals surface area contributed by atoms with E-state index in [1.165, 1.54) is 11.3 Å². The molecule has 1 heterocycles. The first-order valence-corrected chi connectivity index (χ1v) is 7.08. The van der Waals surface area contributed by atoms with Gasteiger partial charge in [0.05, 0.1) is 11.0 Å². The zero-order valence-electron chi connectivity index (χ0n) is 10.8. The molecule has 0 fully saturated rings. The molecule has 2 rings (SSSR count). The average Bonchev–Trinajstić information content (AvgIpc) is 2.84. The number of carbonyl (C=O) groups excluding carboxylic acids is 1. The van der Waals surface area contributed by atoms with E-state index < -0.39 is 6.10 Å². The maximum atomic E-state index is 11.8. The van der Waals surface area contributed by atoms with Gasteiger partial charge in [0.2, 0.25) is 0 Å². The Balaban J connectivity index is 1.80. The molecular weight excluding hydrogens is 258 g/mol. The van der Waals surface area contributed by atoms with Gasteiger partial charge in [-0.25, -0.2) is 0 Å². The maximum absolute atomic E-state index is 11.8. The molecular formula is C15H17NO2S. The number of benzene rings is 1. The molecule has 0 aliphatic carbocycles. The van der Waals surface area contributed by atoms with Gasteiger partial charge in [0.25, 0.3) is 5.91 Å². The van der Waals surface area contributed by atoms with E-state index in [9.17, 15) is 9.90 Å². The summed E-state index contributed by atoms with van der Waals surface area (Å²) in [6.45, 7) is 2.22. The second-order valence-electron chi connectivity index (χ2n) is 4.54. The highest BCUT2D eigenvalue weighted by atomic mass is 32.1. The smallest absolute Gasteiger partial charge is 0.261 e. The Bertz CT molecular complexity index is 536. The van der Waals surface area contributed by atoms with Crippen molar-refractivity contribution < 1.29 is 9.90 Å². The van der Waals surface area contributed by atoms with Crippen LogP contribution in [0.5, 0.6) is 0 Å². The summed E-state index contributed by atoms with van der Waals surface area (Å²) in [7, 11) is 0. The van der Waals surface area contributed by atoms with E-state index in [0.29, 0.717) is 11.3 Å². The molecule has 2 N–H and O–H groups in total. The van der Waals surface area contributed by atoms with E-state index in [1.807, 2.05) is 48.7 Å². The first-order valence-electron chi connectivity index (χ1n) is 6.20. The Labute approximate surface area is 116 Å². The van der Waals surface area contributed by atoms with Crippen LogP contribution in [-0.2, 0) is 6.42 Å². The molecule has 0 spiro atoms. The highest BCUT2D eigenvalue weighted by Crippen LogP contribution is 2.13. The predicted octanol–water partition coefficient (Wildman–Crippen LogP) is 2.39. The molecule has 2 aromatic rings. The molecule has 19 heavy (non-hydrogen) atoms. The van der Waals surface area contributed by atoms with E-state index >= 15 is 0 Å². The standard InChI is InChI=1S/C15H17NO2S/c1-11-7-14(19-10-11)15(18)16-9-13(17)8-12-5-3-2-4-6-12/h2-7,10,13,17H,8-9H2,1H3,(H,16,18). The van der Waals surface area contributed by atoms with Crippen molar-refractivity contribution in [3.05, 3.63) is 57.8 Å². The second-order valence-corrected chi connectivity index (χ2v) is 5.45. The van der Waals surface area contributed by atoms with Gasteiger partial charge in [-0.05, 0) is 29.5 Å². The molecule has 0 aliphatic rings. The lowest BCUT2D eigenvalue weighted by atomic mass is 10.1. The van der Waals surface area contributed by atoms with Crippen LogP contribution in [0.15, 0.2) is 41.8 Å². The van der Waals surface area contributed by atoms with E-state index in [0.717, 1.165) is 11.1 Å². The predicted molar refractivity (Wildman–Crippen MR) is 77.5 cm³/mol. The average molecular weight is 275 g/mol. The Morgan fingerprint density at radius 2 is 2.11 bits per heavy atom. The van der Waals surface area contributed by atoms with Crippen molar-refractivity contribution in [1.29, 1.82) is 0 Å². The van der Waals surface area contributed by atoms with Crippen molar-refractivity contribution in [2.24, 2.45) is 0 Å². The van der Waals surface area contributed by atoms with Crippen molar-refractivity contribution in [2.75, 3.05) is 6.54 Å². The third kappa shape index (κ3) is 4.19. The molecule has 0 bridgehead atoms. The zero-order valence-corrected chi connectivity index (χ0v) is 11.6. The third-order valence-corrected chi connectivity index (χ3v) is 3.81. The molecule has 0 aliphatic heterocycles. The molecule has 0 saturated heterocycles. The molecule has 1 aromatic carbocycles. The van der Waals surface area contributed by atoms with Crippen LogP contribution in [0.1, 0.15) is 20.8 Å². The van der Waals surface area contributed by atoms with E-state index in [4.69, 9.17) is 0 Å². The van der Waals surface area contributed by atoms with Gasteiger partial charge in [-0.2, -0.15) is 0 Å². The Morgan fingerprint density at radius 1 is 1.37 bits per heavy atom. The molecule has 0 saturated carbocycles. The minimum absolute atomic E-state index is 0.120. The van der Waals surface area contributed by atoms with E-state index in [-0.39, 0.29) is 12.5 Å². The van der Waals surface area contributed by atoms with Gasteiger partial charge in [-0.1, -0.05) is 30.3 Å². The number of nitrogens with one attached hydrogen (secondary N) is 1. The fourth-order valence-corrected chi connectivity index (χ4v) is 2.62. The number of aryl methyl sites for hydroxylation is 1. The number of aliphatic hydroxyl groups is 1.